The van der Waals surface area contributed by atoms with E-state index in [1.807, 2.05) is 53.8 Å². The van der Waals surface area contributed by atoms with E-state index in [4.69, 9.17) is 9.90 Å². The van der Waals surface area contributed by atoms with Crippen LogP contribution in [0.25, 0.3) is 0 Å². The molecule has 168 valence electrons. The van der Waals surface area contributed by atoms with Crippen LogP contribution in [0, 0.1) is 0 Å². The van der Waals surface area contributed by atoms with Crippen LogP contribution in [0.2, 0.25) is 0 Å². The number of piperidine rings is 1. The number of benzene rings is 1. The summed E-state index contributed by atoms with van der Waals surface area (Å²) in [4.78, 5) is 31.6. The van der Waals surface area contributed by atoms with Gasteiger partial charge in [-0.1, -0.05) is 19.1 Å². The Labute approximate surface area is 188 Å². The van der Waals surface area contributed by atoms with Gasteiger partial charge in [-0.25, -0.2) is 4.79 Å². The molecule has 0 unspecified atom stereocenters. The number of thioether (sulfide) groups is 1. The molecule has 3 rings (SSSR count). The first-order valence-corrected chi connectivity index (χ1v) is 11.8. The number of aromatic nitrogens is 1. The average Bonchev–Trinajstić information content (AvgIpc) is 2.81. The number of pyridine rings is 1. The Morgan fingerprint density at radius 3 is 2.65 bits per heavy atom. The lowest BCUT2D eigenvalue weighted by Crippen LogP contribution is -2.49. The van der Waals surface area contributed by atoms with Crippen LogP contribution in [-0.2, 0) is 11.2 Å². The van der Waals surface area contributed by atoms with Crippen LogP contribution >= 0.6 is 11.8 Å². The van der Waals surface area contributed by atoms with Crippen molar-refractivity contribution < 1.29 is 14.7 Å². The second-order valence-corrected chi connectivity index (χ2v) is 8.08. The number of amides is 2. The van der Waals surface area contributed by atoms with Crippen LogP contribution in [0.15, 0.2) is 53.6 Å². The molecule has 2 N–H and O–H groups in total. The van der Waals surface area contributed by atoms with Gasteiger partial charge in [-0.05, 0) is 56.0 Å². The van der Waals surface area contributed by atoms with E-state index in [0.717, 1.165) is 55.2 Å². The minimum Gasteiger partial charge on any atom is -0.483 e. The molecule has 31 heavy (non-hydrogen) atoms. The summed E-state index contributed by atoms with van der Waals surface area (Å²) >= 11 is 1.68. The van der Waals surface area contributed by atoms with Crippen LogP contribution in [0.5, 0.6) is 0 Å². The zero-order valence-corrected chi connectivity index (χ0v) is 19.1. The fraction of sp³-hybridized carbons (Fsp3) is 0.435. The lowest BCUT2D eigenvalue weighted by Gasteiger charge is -2.38. The van der Waals surface area contributed by atoms with Crippen LogP contribution in [0.3, 0.4) is 0 Å². The number of nitrogens with zero attached hydrogens (tertiary/aromatic N) is 3. The molecule has 1 aliphatic rings. The maximum Gasteiger partial charge on any atom is 0.322 e. The van der Waals surface area contributed by atoms with Crippen LogP contribution in [0.4, 0.5) is 10.5 Å². The van der Waals surface area contributed by atoms with E-state index in [-0.39, 0.29) is 18.5 Å². The first kappa shape index (κ1) is 24.7. The van der Waals surface area contributed by atoms with Crippen LogP contribution in [-0.4, -0.2) is 70.9 Å². The van der Waals surface area contributed by atoms with Crippen molar-refractivity contribution in [2.45, 2.75) is 37.1 Å². The highest BCUT2D eigenvalue weighted by molar-refractivity contribution is 7.98. The quantitative estimate of drug-likeness (QED) is 0.495. The van der Waals surface area contributed by atoms with Crippen molar-refractivity contribution >= 4 is 30.0 Å². The molecule has 8 heteroatoms. The highest BCUT2D eigenvalue weighted by Gasteiger charge is 2.27. The Hall–Kier alpha value is -2.58. The van der Waals surface area contributed by atoms with E-state index in [2.05, 4.69) is 28.2 Å². The van der Waals surface area contributed by atoms with Gasteiger partial charge in [-0.15, -0.1) is 11.8 Å². The molecule has 1 saturated heterocycles. The highest BCUT2D eigenvalue weighted by atomic mass is 32.2. The zero-order valence-electron chi connectivity index (χ0n) is 18.2. The number of nitrogens with one attached hydrogen (secondary N) is 1. The summed E-state index contributed by atoms with van der Waals surface area (Å²) < 4.78 is 0. The number of anilines is 1. The van der Waals surface area contributed by atoms with Gasteiger partial charge in [-0.2, -0.15) is 0 Å². The summed E-state index contributed by atoms with van der Waals surface area (Å²) in [6, 6.07) is 14.2. The maximum absolute atomic E-state index is 13.2. The van der Waals surface area contributed by atoms with E-state index in [9.17, 15) is 4.79 Å². The van der Waals surface area contributed by atoms with Gasteiger partial charge in [0.25, 0.3) is 6.47 Å². The van der Waals surface area contributed by atoms with Crippen LogP contribution < -0.4 is 5.32 Å². The van der Waals surface area contributed by atoms with Crippen molar-refractivity contribution in [3.63, 3.8) is 0 Å². The second kappa shape index (κ2) is 13.7. The van der Waals surface area contributed by atoms with Crippen LogP contribution in [0.1, 0.15) is 25.5 Å². The number of hydrogen-bond acceptors (Lipinski definition) is 5. The molecule has 0 radical (unpaired) electrons. The Morgan fingerprint density at radius 2 is 2.03 bits per heavy atom. The summed E-state index contributed by atoms with van der Waals surface area (Å²) in [6.45, 7) is 5.81. The number of urea groups is 1. The van der Waals surface area contributed by atoms with Gasteiger partial charge in [0.1, 0.15) is 0 Å². The smallest absolute Gasteiger partial charge is 0.322 e. The van der Waals surface area contributed by atoms with E-state index in [0.29, 0.717) is 6.54 Å². The number of hydrogen-bond donors (Lipinski definition) is 2. The van der Waals surface area contributed by atoms with Gasteiger partial charge in [0.15, 0.2) is 0 Å². The Morgan fingerprint density at radius 1 is 1.29 bits per heavy atom. The third-order valence-corrected chi connectivity index (χ3v) is 6.09. The fourth-order valence-electron chi connectivity index (χ4n) is 3.67. The van der Waals surface area contributed by atoms with Crippen molar-refractivity contribution in [2.24, 2.45) is 0 Å². The molecule has 0 saturated carbocycles. The fourth-order valence-corrected chi connectivity index (χ4v) is 4.13. The minimum absolute atomic E-state index is 0.0101. The highest BCUT2D eigenvalue weighted by Crippen LogP contribution is 2.21. The summed E-state index contributed by atoms with van der Waals surface area (Å²) in [6.07, 6.45) is 6.67. The van der Waals surface area contributed by atoms with E-state index in [1.165, 1.54) is 0 Å². The monoisotopic (exact) mass is 444 g/mol. The maximum atomic E-state index is 13.2. The van der Waals surface area contributed by atoms with Gasteiger partial charge in [0, 0.05) is 54.6 Å². The molecule has 0 aliphatic carbocycles. The van der Waals surface area contributed by atoms with Crippen molar-refractivity contribution in [2.75, 3.05) is 37.8 Å². The predicted molar refractivity (Wildman–Crippen MR) is 126 cm³/mol. The molecule has 0 spiro atoms. The normalized spacial score (nSPS) is 14.3. The summed E-state index contributed by atoms with van der Waals surface area (Å²) in [7, 11) is 0. The number of carbonyl (C=O) groups excluding carboxylic acids is 1. The van der Waals surface area contributed by atoms with E-state index in [1.54, 1.807) is 11.8 Å². The van der Waals surface area contributed by atoms with Crippen molar-refractivity contribution in [3.8, 4) is 0 Å². The molecular formula is C23H32N4O3S. The second-order valence-electron chi connectivity index (χ2n) is 7.20. The number of carbonyl (C=O) groups is 2. The first-order valence-electron chi connectivity index (χ1n) is 10.5. The minimum atomic E-state index is -0.250. The average molecular weight is 445 g/mol. The van der Waals surface area contributed by atoms with Gasteiger partial charge in [0.2, 0.25) is 0 Å². The number of carboxylic acid groups (broad SMARTS) is 1. The lowest BCUT2D eigenvalue weighted by molar-refractivity contribution is -0.122. The molecule has 0 bridgehead atoms. The van der Waals surface area contributed by atoms with Gasteiger partial charge < -0.3 is 20.2 Å². The van der Waals surface area contributed by atoms with Gasteiger partial charge in [-0.3, -0.25) is 9.78 Å². The van der Waals surface area contributed by atoms with Gasteiger partial charge >= 0.3 is 6.03 Å². The molecule has 1 aromatic heterocycles. The van der Waals surface area contributed by atoms with E-state index < -0.39 is 0 Å². The Kier molecular flexibility index (Phi) is 10.9. The summed E-state index contributed by atoms with van der Waals surface area (Å²) in [5.41, 5.74) is 1.88. The van der Waals surface area contributed by atoms with Crippen molar-refractivity contribution in [3.05, 3.63) is 54.4 Å². The molecule has 1 aliphatic heterocycles. The molecule has 0 atom stereocenters. The van der Waals surface area contributed by atoms with E-state index >= 15 is 0 Å². The SMILES string of the molecule is CCN1CCC(N(CCc2ccccn2)C(=O)Nc2cccc(SC)c2)CC1.O=CO. The Bertz CT molecular complexity index is 798. The largest absolute Gasteiger partial charge is 0.483 e. The molecule has 1 aromatic carbocycles. The number of rotatable bonds is 7. The zero-order chi connectivity index (χ0) is 22.5. The lowest BCUT2D eigenvalue weighted by atomic mass is 10.0. The molecule has 2 heterocycles. The predicted octanol–water partition coefficient (Wildman–Crippen LogP) is 4.07. The van der Waals surface area contributed by atoms with Crippen molar-refractivity contribution in [1.82, 2.24) is 14.8 Å². The molecule has 2 amide bonds. The third-order valence-electron chi connectivity index (χ3n) is 5.36. The molecule has 7 nitrogen and oxygen atoms in total. The summed E-state index contributed by atoms with van der Waals surface area (Å²) in [5.74, 6) is 0. The summed E-state index contributed by atoms with van der Waals surface area (Å²) in [5, 5.41) is 10.0. The molecule has 2 aromatic rings. The standard InChI is InChI=1S/C22H30N4OS.CH2O2/c1-3-25-14-11-20(12-15-25)26(16-10-18-7-4-5-13-23-18)22(27)24-19-8-6-9-21(17-19)28-2;2-1-3/h4-9,13,17,20H,3,10-12,14-16H2,1-2H3,(H,24,27);1H,(H,2,3). The first-order chi connectivity index (χ1) is 15.1. The molecule has 1 fully saturated rings. The van der Waals surface area contributed by atoms with Gasteiger partial charge in [0.05, 0.1) is 0 Å². The third kappa shape index (κ3) is 8.22. The number of likely N-dealkylation sites (tertiary alicyclic amines) is 1. The molecular weight excluding hydrogens is 412 g/mol. The topological polar surface area (TPSA) is 85.8 Å². The van der Waals surface area contributed by atoms with Crippen molar-refractivity contribution in [1.29, 1.82) is 0 Å². The Balaban J connectivity index is 0.00000107.